The molecule has 5 atom stereocenters. The lowest BCUT2D eigenvalue weighted by Crippen LogP contribution is -2.56. The van der Waals surface area contributed by atoms with Gasteiger partial charge in [0, 0.05) is 30.8 Å². The zero-order valence-electron chi connectivity index (χ0n) is 20.3. The second-order valence-electron chi connectivity index (χ2n) is 9.69. The Balaban J connectivity index is 1.55. The number of nitrogens with zero attached hydrogens (tertiary/aromatic N) is 1. The number of carbonyl (C=O) groups excluding carboxylic acids is 2. The summed E-state index contributed by atoms with van der Waals surface area (Å²) in [7, 11) is 0. The van der Waals surface area contributed by atoms with E-state index in [1.165, 1.54) is 0 Å². The normalized spacial score (nSPS) is 26.4. The maximum Gasteiger partial charge on any atom is 0.247 e. The zero-order valence-corrected chi connectivity index (χ0v) is 20.3. The highest BCUT2D eigenvalue weighted by molar-refractivity contribution is 5.96. The smallest absolute Gasteiger partial charge is 0.247 e. The van der Waals surface area contributed by atoms with Gasteiger partial charge in [0.05, 0.1) is 31.1 Å². The van der Waals surface area contributed by atoms with Crippen molar-refractivity contribution in [1.29, 1.82) is 0 Å². The van der Waals surface area contributed by atoms with Crippen LogP contribution in [0.25, 0.3) is 0 Å². The molecule has 8 nitrogen and oxygen atoms in total. The van der Waals surface area contributed by atoms with Crippen molar-refractivity contribution >= 4 is 11.8 Å². The monoisotopic (exact) mass is 492 g/mol. The highest BCUT2D eigenvalue weighted by Crippen LogP contribution is 2.47. The first kappa shape index (κ1) is 24.5. The first-order valence-corrected chi connectivity index (χ1v) is 12.5. The summed E-state index contributed by atoms with van der Waals surface area (Å²) < 4.78 is 11.7. The number of rotatable bonds is 7. The number of hydrogen-bond donors (Lipinski definition) is 3. The number of fused-ring (bicyclic) bond motifs is 3. The number of ether oxygens (including phenoxy) is 2. The molecule has 1 aliphatic carbocycles. The minimum absolute atomic E-state index is 0.106. The largest absolute Gasteiger partial charge is 0.486 e. The SMILES string of the molecule is Cc1ccc(CN(C(=O)C2CCOC2)C2C=C(C(=O)NCCO)C3c4ccccc4OC3C2O)cc1. The van der Waals surface area contributed by atoms with Crippen LogP contribution in [-0.4, -0.2) is 71.5 Å². The summed E-state index contributed by atoms with van der Waals surface area (Å²) in [5.41, 5.74) is 3.29. The molecule has 0 aromatic heterocycles. The summed E-state index contributed by atoms with van der Waals surface area (Å²) >= 11 is 0. The number of para-hydroxylation sites is 1. The van der Waals surface area contributed by atoms with E-state index < -0.39 is 24.2 Å². The molecule has 1 fully saturated rings. The summed E-state index contributed by atoms with van der Waals surface area (Å²) in [5, 5.41) is 23.6. The van der Waals surface area contributed by atoms with Gasteiger partial charge in [-0.1, -0.05) is 48.0 Å². The van der Waals surface area contributed by atoms with Gasteiger partial charge >= 0.3 is 0 Å². The van der Waals surface area contributed by atoms with E-state index >= 15 is 0 Å². The van der Waals surface area contributed by atoms with Crippen LogP contribution in [0.3, 0.4) is 0 Å². The average Bonchev–Trinajstić information content (AvgIpc) is 3.56. The first-order chi connectivity index (χ1) is 17.5. The third kappa shape index (κ3) is 4.64. The van der Waals surface area contributed by atoms with Gasteiger partial charge in [0.15, 0.2) is 0 Å². The van der Waals surface area contributed by atoms with Crippen LogP contribution >= 0.6 is 0 Å². The number of amides is 2. The molecule has 8 heteroatoms. The number of benzene rings is 2. The maximum absolute atomic E-state index is 13.8. The van der Waals surface area contributed by atoms with Crippen molar-refractivity contribution in [2.24, 2.45) is 5.92 Å². The third-order valence-corrected chi connectivity index (χ3v) is 7.27. The summed E-state index contributed by atoms with van der Waals surface area (Å²) in [6.45, 7) is 3.07. The lowest BCUT2D eigenvalue weighted by Gasteiger charge is -2.41. The summed E-state index contributed by atoms with van der Waals surface area (Å²) in [4.78, 5) is 28.7. The highest BCUT2D eigenvalue weighted by atomic mass is 16.5. The molecule has 2 aliphatic heterocycles. The standard InChI is InChI=1S/C28H32N2O6/c1-17-6-8-18(9-7-17)15-30(28(34)19-10-13-35-16-19)22-14-21(27(33)29-11-12-31)24-20-4-2-3-5-23(20)36-26(24)25(22)32/h2-9,14,19,22,24-26,31-32H,10-13,15-16H2,1H3,(H,29,33). The van der Waals surface area contributed by atoms with E-state index in [4.69, 9.17) is 9.47 Å². The van der Waals surface area contributed by atoms with Crippen LogP contribution in [0.1, 0.15) is 29.0 Å². The van der Waals surface area contributed by atoms with E-state index in [1.54, 1.807) is 11.0 Å². The molecular weight excluding hydrogens is 460 g/mol. The Labute approximate surface area is 210 Å². The van der Waals surface area contributed by atoms with Crippen molar-refractivity contribution in [3.8, 4) is 5.75 Å². The average molecular weight is 493 g/mol. The van der Waals surface area contributed by atoms with E-state index in [1.807, 2.05) is 55.5 Å². The molecular formula is C28H32N2O6. The molecule has 2 heterocycles. The zero-order chi connectivity index (χ0) is 25.2. The van der Waals surface area contributed by atoms with Crippen molar-refractivity contribution in [1.82, 2.24) is 10.2 Å². The van der Waals surface area contributed by atoms with Crippen LogP contribution in [0, 0.1) is 12.8 Å². The van der Waals surface area contributed by atoms with Gasteiger partial charge in [-0.3, -0.25) is 9.59 Å². The minimum atomic E-state index is -1.05. The molecule has 5 rings (SSSR count). The van der Waals surface area contributed by atoms with Crippen molar-refractivity contribution in [2.45, 2.75) is 44.1 Å². The second-order valence-corrected chi connectivity index (χ2v) is 9.69. The number of aliphatic hydroxyl groups is 2. The molecule has 2 amide bonds. The Morgan fingerprint density at radius 2 is 1.92 bits per heavy atom. The molecule has 1 saturated heterocycles. The van der Waals surface area contributed by atoms with Crippen LogP contribution in [-0.2, 0) is 20.9 Å². The fourth-order valence-electron chi connectivity index (χ4n) is 5.38. The van der Waals surface area contributed by atoms with Gasteiger partial charge < -0.3 is 29.9 Å². The predicted molar refractivity (Wildman–Crippen MR) is 132 cm³/mol. The Morgan fingerprint density at radius 3 is 2.64 bits per heavy atom. The Hall–Kier alpha value is -3.20. The lowest BCUT2D eigenvalue weighted by molar-refractivity contribution is -0.142. The van der Waals surface area contributed by atoms with Gasteiger partial charge in [0.1, 0.15) is 18.0 Å². The van der Waals surface area contributed by atoms with Crippen LogP contribution < -0.4 is 10.1 Å². The number of aliphatic hydroxyl groups excluding tert-OH is 2. The summed E-state index contributed by atoms with van der Waals surface area (Å²) in [6, 6.07) is 14.6. The quantitative estimate of drug-likeness (QED) is 0.543. The molecule has 5 unspecified atom stereocenters. The van der Waals surface area contributed by atoms with Crippen LogP contribution in [0.2, 0.25) is 0 Å². The van der Waals surface area contributed by atoms with Crippen LogP contribution in [0.15, 0.2) is 60.2 Å². The van der Waals surface area contributed by atoms with Crippen molar-refractivity contribution in [3.05, 3.63) is 76.9 Å². The Morgan fingerprint density at radius 1 is 1.14 bits per heavy atom. The molecule has 190 valence electrons. The molecule has 2 aromatic carbocycles. The van der Waals surface area contributed by atoms with E-state index in [9.17, 15) is 19.8 Å². The van der Waals surface area contributed by atoms with Crippen LogP contribution in [0.5, 0.6) is 5.75 Å². The van der Waals surface area contributed by atoms with Gasteiger partial charge in [-0.05, 0) is 31.1 Å². The van der Waals surface area contributed by atoms with Gasteiger partial charge in [0.25, 0.3) is 0 Å². The molecule has 0 radical (unpaired) electrons. The third-order valence-electron chi connectivity index (χ3n) is 7.27. The molecule has 2 aromatic rings. The number of nitrogens with one attached hydrogen (secondary N) is 1. The Kier molecular flexibility index (Phi) is 7.09. The topological polar surface area (TPSA) is 108 Å². The fraction of sp³-hybridized carbons (Fsp3) is 0.429. The lowest BCUT2D eigenvalue weighted by atomic mass is 9.77. The minimum Gasteiger partial charge on any atom is -0.486 e. The molecule has 0 saturated carbocycles. The molecule has 0 bridgehead atoms. The van der Waals surface area contributed by atoms with Crippen molar-refractivity contribution in [3.63, 3.8) is 0 Å². The van der Waals surface area contributed by atoms with E-state index in [2.05, 4.69) is 5.32 Å². The van der Waals surface area contributed by atoms with E-state index in [0.717, 1.165) is 16.7 Å². The number of aryl methyl sites for hydroxylation is 1. The fourth-order valence-corrected chi connectivity index (χ4v) is 5.38. The van der Waals surface area contributed by atoms with E-state index in [0.29, 0.717) is 31.0 Å². The molecule has 36 heavy (non-hydrogen) atoms. The van der Waals surface area contributed by atoms with Gasteiger partial charge in [-0.2, -0.15) is 0 Å². The van der Waals surface area contributed by atoms with Crippen molar-refractivity contribution < 1.29 is 29.3 Å². The maximum atomic E-state index is 13.8. The molecule has 3 aliphatic rings. The van der Waals surface area contributed by atoms with Crippen molar-refractivity contribution in [2.75, 3.05) is 26.4 Å². The van der Waals surface area contributed by atoms with Gasteiger partial charge in [-0.25, -0.2) is 0 Å². The molecule has 3 N–H and O–H groups in total. The first-order valence-electron chi connectivity index (χ1n) is 12.5. The number of carbonyl (C=O) groups is 2. The van der Waals surface area contributed by atoms with Gasteiger partial charge in [0.2, 0.25) is 11.8 Å². The highest BCUT2D eigenvalue weighted by Gasteiger charge is 2.50. The number of hydrogen-bond acceptors (Lipinski definition) is 6. The molecule has 0 spiro atoms. The summed E-state index contributed by atoms with van der Waals surface area (Å²) in [6.07, 6.45) is 0.563. The summed E-state index contributed by atoms with van der Waals surface area (Å²) in [5.74, 6) is -0.617. The predicted octanol–water partition coefficient (Wildman–Crippen LogP) is 1.68. The second kappa shape index (κ2) is 10.4. The van der Waals surface area contributed by atoms with Gasteiger partial charge in [-0.15, -0.1) is 0 Å². The Bertz CT molecular complexity index is 1140. The van der Waals surface area contributed by atoms with E-state index in [-0.39, 0.29) is 37.4 Å². The van der Waals surface area contributed by atoms with Crippen LogP contribution in [0.4, 0.5) is 0 Å².